The summed E-state index contributed by atoms with van der Waals surface area (Å²) in [7, 11) is 0. The highest BCUT2D eigenvalue weighted by Gasteiger charge is 2.62. The van der Waals surface area contributed by atoms with Gasteiger partial charge in [-0.15, -0.1) is 11.6 Å². The third-order valence-corrected chi connectivity index (χ3v) is 6.66. The molecule has 0 saturated carbocycles. The van der Waals surface area contributed by atoms with Crippen LogP contribution in [-0.4, -0.2) is 37.4 Å². The van der Waals surface area contributed by atoms with E-state index in [0.29, 0.717) is 0 Å². The SMILES string of the molecule is CC(C)=CCCC(C)=CCC1(O)C(=O)c2cc(O)c(C)c(O)c2C(=O)C1(Cl)CC=C(C)C. The standard InChI is InChI=1S/C26H33ClO5/c1-15(2)8-7-9-17(5)11-13-26(32)23(30)19-14-20(28)18(6)22(29)21(19)24(31)25(26,27)12-10-16(3)4/h8,10-11,14,28-29,32H,7,9,12-13H2,1-6H3. The van der Waals surface area contributed by atoms with Gasteiger partial charge in [0.05, 0.1) is 5.56 Å². The summed E-state index contributed by atoms with van der Waals surface area (Å²) in [4.78, 5) is 25.1. The number of carbonyl (C=O) groups excluding carboxylic acids is 2. The second-order valence-electron chi connectivity index (χ2n) is 9.17. The van der Waals surface area contributed by atoms with Crippen molar-refractivity contribution < 1.29 is 24.9 Å². The number of hydrogen-bond acceptors (Lipinski definition) is 5. The summed E-state index contributed by atoms with van der Waals surface area (Å²) in [6.45, 7) is 11.0. The summed E-state index contributed by atoms with van der Waals surface area (Å²) < 4.78 is 0. The number of phenols is 2. The van der Waals surface area contributed by atoms with Gasteiger partial charge in [0.1, 0.15) is 16.4 Å². The molecule has 2 unspecified atom stereocenters. The maximum absolute atomic E-state index is 13.5. The predicted octanol–water partition coefficient (Wildman–Crippen LogP) is 5.93. The predicted molar refractivity (Wildman–Crippen MR) is 128 cm³/mol. The summed E-state index contributed by atoms with van der Waals surface area (Å²) in [5.41, 5.74) is 0.398. The second kappa shape index (κ2) is 9.63. The molecule has 2 rings (SSSR count). The number of halogens is 1. The summed E-state index contributed by atoms with van der Waals surface area (Å²) in [5.74, 6) is -2.34. The molecule has 0 saturated heterocycles. The lowest BCUT2D eigenvalue weighted by molar-refractivity contribution is 0.00725. The normalized spacial score (nSPS) is 23.1. The van der Waals surface area contributed by atoms with Gasteiger partial charge in [0.2, 0.25) is 0 Å². The fourth-order valence-electron chi connectivity index (χ4n) is 3.82. The molecule has 0 fully saturated rings. The van der Waals surface area contributed by atoms with E-state index in [1.54, 1.807) is 12.2 Å². The highest BCUT2D eigenvalue weighted by atomic mass is 35.5. The molecule has 0 spiro atoms. The summed E-state index contributed by atoms with van der Waals surface area (Å²) in [5, 5.41) is 32.3. The van der Waals surface area contributed by atoms with Crippen LogP contribution in [-0.2, 0) is 0 Å². The van der Waals surface area contributed by atoms with E-state index in [9.17, 15) is 24.9 Å². The minimum absolute atomic E-state index is 0.0755. The summed E-state index contributed by atoms with van der Waals surface area (Å²) >= 11 is 6.82. The number of aromatic hydroxyl groups is 2. The van der Waals surface area contributed by atoms with E-state index in [4.69, 9.17) is 11.6 Å². The van der Waals surface area contributed by atoms with Crippen LogP contribution in [0.25, 0.3) is 0 Å². The van der Waals surface area contributed by atoms with Crippen molar-refractivity contribution >= 4 is 23.2 Å². The molecule has 1 aromatic carbocycles. The Hall–Kier alpha value is -2.37. The number of alkyl halides is 1. The van der Waals surface area contributed by atoms with Gasteiger partial charge < -0.3 is 15.3 Å². The van der Waals surface area contributed by atoms with Crippen LogP contribution in [0.15, 0.2) is 41.0 Å². The van der Waals surface area contributed by atoms with E-state index in [2.05, 4.69) is 6.08 Å². The first-order valence-electron chi connectivity index (χ1n) is 10.7. The maximum Gasteiger partial charge on any atom is 0.197 e. The Morgan fingerprint density at radius 2 is 1.56 bits per heavy atom. The molecule has 0 aliphatic heterocycles. The van der Waals surface area contributed by atoms with Crippen LogP contribution in [0.1, 0.15) is 86.6 Å². The van der Waals surface area contributed by atoms with Gasteiger partial charge in [-0.25, -0.2) is 0 Å². The van der Waals surface area contributed by atoms with Crippen LogP contribution >= 0.6 is 11.6 Å². The van der Waals surface area contributed by atoms with Crippen LogP contribution < -0.4 is 0 Å². The molecule has 3 N–H and O–H groups in total. The first kappa shape index (κ1) is 25.9. The quantitative estimate of drug-likeness (QED) is 0.346. The lowest BCUT2D eigenvalue weighted by Crippen LogP contribution is -2.63. The van der Waals surface area contributed by atoms with Crippen LogP contribution in [0.5, 0.6) is 11.5 Å². The molecule has 1 aromatic rings. The number of fused-ring (bicyclic) bond motifs is 1. The lowest BCUT2D eigenvalue weighted by Gasteiger charge is -2.44. The Balaban J connectivity index is 2.62. The molecule has 1 aliphatic rings. The second-order valence-corrected chi connectivity index (χ2v) is 9.82. The van der Waals surface area contributed by atoms with Gasteiger partial charge in [-0.1, -0.05) is 34.9 Å². The molecule has 1 aliphatic carbocycles. The van der Waals surface area contributed by atoms with Crippen molar-refractivity contribution in [2.45, 2.75) is 77.7 Å². The van der Waals surface area contributed by atoms with Crippen molar-refractivity contribution in [2.75, 3.05) is 0 Å². The van der Waals surface area contributed by atoms with E-state index < -0.39 is 27.8 Å². The maximum atomic E-state index is 13.5. The average molecular weight is 461 g/mol. The molecule has 0 aromatic heterocycles. The molecular weight excluding hydrogens is 428 g/mol. The lowest BCUT2D eigenvalue weighted by atomic mass is 9.66. The fourth-order valence-corrected chi connectivity index (χ4v) is 4.16. The zero-order valence-corrected chi connectivity index (χ0v) is 20.4. The first-order chi connectivity index (χ1) is 14.8. The molecule has 0 amide bonds. The van der Waals surface area contributed by atoms with Crippen molar-refractivity contribution in [2.24, 2.45) is 0 Å². The largest absolute Gasteiger partial charge is 0.508 e. The number of aliphatic hydroxyl groups is 1. The Kier molecular flexibility index (Phi) is 7.79. The van der Waals surface area contributed by atoms with Crippen LogP contribution in [0.3, 0.4) is 0 Å². The highest BCUT2D eigenvalue weighted by Crippen LogP contribution is 2.49. The number of carbonyl (C=O) groups is 2. The minimum atomic E-state index is -2.24. The number of allylic oxidation sites excluding steroid dienone is 5. The molecule has 5 nitrogen and oxygen atoms in total. The van der Waals surface area contributed by atoms with Crippen molar-refractivity contribution in [1.29, 1.82) is 0 Å². The molecule has 0 heterocycles. The van der Waals surface area contributed by atoms with Crippen molar-refractivity contribution in [3.63, 3.8) is 0 Å². The van der Waals surface area contributed by atoms with Crippen molar-refractivity contribution in [1.82, 2.24) is 0 Å². The molecule has 0 radical (unpaired) electrons. The summed E-state index contributed by atoms with van der Waals surface area (Å²) in [6.07, 6.45) is 6.86. The Morgan fingerprint density at radius 1 is 0.969 bits per heavy atom. The van der Waals surface area contributed by atoms with Gasteiger partial charge in [-0.05, 0) is 66.9 Å². The Bertz CT molecular complexity index is 1030. The number of Topliss-reactive ketones (excluding diaryl/α,β-unsaturated/α-hetero) is 2. The average Bonchev–Trinajstić information content (AvgIpc) is 2.71. The van der Waals surface area contributed by atoms with Gasteiger partial charge in [0.25, 0.3) is 0 Å². The van der Waals surface area contributed by atoms with Gasteiger partial charge in [0, 0.05) is 17.5 Å². The first-order valence-corrected chi connectivity index (χ1v) is 11.1. The van der Waals surface area contributed by atoms with E-state index in [1.807, 2.05) is 34.6 Å². The number of ketones is 2. The number of benzene rings is 1. The number of hydrogen-bond donors (Lipinski definition) is 3. The summed E-state index contributed by atoms with van der Waals surface area (Å²) in [6, 6.07) is 1.12. The Labute approximate surface area is 195 Å². The number of phenolic OH excluding ortho intramolecular Hbond substituents is 2. The van der Waals surface area contributed by atoms with Gasteiger partial charge in [0.15, 0.2) is 17.2 Å². The molecule has 0 bridgehead atoms. The van der Waals surface area contributed by atoms with Crippen molar-refractivity contribution in [3.05, 3.63) is 57.7 Å². The zero-order chi connectivity index (χ0) is 24.4. The van der Waals surface area contributed by atoms with Crippen LogP contribution in [0.2, 0.25) is 0 Å². The molecular formula is C26H33ClO5. The smallest absolute Gasteiger partial charge is 0.197 e. The van der Waals surface area contributed by atoms with E-state index in [1.165, 1.54) is 12.5 Å². The van der Waals surface area contributed by atoms with E-state index >= 15 is 0 Å². The third-order valence-electron chi connectivity index (χ3n) is 6.02. The zero-order valence-electron chi connectivity index (χ0n) is 19.7. The van der Waals surface area contributed by atoms with Crippen molar-refractivity contribution in [3.8, 4) is 11.5 Å². The monoisotopic (exact) mass is 460 g/mol. The van der Waals surface area contributed by atoms with Crippen LogP contribution in [0, 0.1) is 6.92 Å². The number of rotatable bonds is 7. The topological polar surface area (TPSA) is 94.8 Å². The van der Waals surface area contributed by atoms with E-state index in [-0.39, 0.29) is 35.3 Å². The Morgan fingerprint density at radius 3 is 2.12 bits per heavy atom. The molecule has 2 atom stereocenters. The minimum Gasteiger partial charge on any atom is -0.508 e. The fraction of sp³-hybridized carbons (Fsp3) is 0.462. The third kappa shape index (κ3) is 4.69. The van der Waals surface area contributed by atoms with E-state index in [0.717, 1.165) is 30.1 Å². The molecule has 6 heteroatoms. The van der Waals surface area contributed by atoms with Gasteiger partial charge >= 0.3 is 0 Å². The highest BCUT2D eigenvalue weighted by molar-refractivity contribution is 6.44. The molecule has 32 heavy (non-hydrogen) atoms. The van der Waals surface area contributed by atoms with Gasteiger partial charge in [-0.3, -0.25) is 9.59 Å². The van der Waals surface area contributed by atoms with Crippen LogP contribution in [0.4, 0.5) is 0 Å². The van der Waals surface area contributed by atoms with Gasteiger partial charge in [-0.2, -0.15) is 0 Å². The molecule has 174 valence electrons.